The Hall–Kier alpha value is -1.59. The number of furan rings is 1. The molecule has 0 saturated heterocycles. The maximum atomic E-state index is 12.2. The molecule has 3 nitrogen and oxygen atoms in total. The van der Waals surface area contributed by atoms with Crippen molar-refractivity contribution in [2.24, 2.45) is 0 Å². The number of thioether (sulfide) groups is 1. The lowest BCUT2D eigenvalue weighted by Crippen LogP contribution is -2.00. The predicted octanol–water partition coefficient (Wildman–Crippen LogP) is 4.17. The first-order chi connectivity index (χ1) is 9.24. The summed E-state index contributed by atoms with van der Waals surface area (Å²) >= 11 is 3.04. The van der Waals surface area contributed by atoms with Crippen molar-refractivity contribution in [1.82, 2.24) is 4.98 Å². The summed E-state index contributed by atoms with van der Waals surface area (Å²) in [6, 6.07) is 7.58. The molecule has 2 heterocycles. The summed E-state index contributed by atoms with van der Waals surface area (Å²) in [5.74, 6) is 0.457. The third-order valence-corrected chi connectivity index (χ3v) is 4.84. The normalized spacial score (nSPS) is 11.0. The first kappa shape index (κ1) is 12.4. The van der Waals surface area contributed by atoms with Crippen LogP contribution in [0.2, 0.25) is 0 Å². The highest BCUT2D eigenvalue weighted by Gasteiger charge is 2.14. The number of hydrogen-bond donors (Lipinski definition) is 0. The second-order valence-electron chi connectivity index (χ2n) is 4.11. The van der Waals surface area contributed by atoms with Gasteiger partial charge in [-0.1, -0.05) is 30.0 Å². The number of fused-ring (bicyclic) bond motifs is 1. The summed E-state index contributed by atoms with van der Waals surface area (Å²) in [5.41, 5.74) is 2.39. The van der Waals surface area contributed by atoms with Crippen LogP contribution in [0, 0.1) is 6.92 Å². The monoisotopic (exact) mass is 289 g/mol. The number of Topliss-reactive ketones (excluding diaryl/α,β-unsaturated/α-hetero) is 1. The van der Waals surface area contributed by atoms with Gasteiger partial charge in [0.1, 0.15) is 11.8 Å². The molecule has 5 heteroatoms. The Morgan fingerprint density at radius 1 is 1.42 bits per heavy atom. The smallest absolute Gasteiger partial charge is 0.177 e. The number of carbonyl (C=O) groups excluding carboxylic acids is 1. The highest BCUT2D eigenvalue weighted by molar-refractivity contribution is 8.01. The molecule has 3 rings (SSSR count). The zero-order chi connectivity index (χ0) is 13.2. The fraction of sp³-hybridized carbons (Fsp3) is 0.143. The van der Waals surface area contributed by atoms with E-state index in [0.717, 1.165) is 21.0 Å². The summed E-state index contributed by atoms with van der Waals surface area (Å²) in [6.07, 6.45) is 1.54. The largest absolute Gasteiger partial charge is 0.464 e. The van der Waals surface area contributed by atoms with E-state index in [9.17, 15) is 4.79 Å². The number of aromatic nitrogens is 1. The molecule has 0 aliphatic heterocycles. The Kier molecular flexibility index (Phi) is 3.40. The minimum absolute atomic E-state index is 0.0720. The molecule has 19 heavy (non-hydrogen) atoms. The Labute approximate surface area is 118 Å². The van der Waals surface area contributed by atoms with Crippen LogP contribution in [0.25, 0.3) is 11.0 Å². The second kappa shape index (κ2) is 5.19. The molecule has 0 radical (unpaired) electrons. The zero-order valence-electron chi connectivity index (χ0n) is 10.3. The number of carbonyl (C=O) groups is 1. The number of ketones is 1. The zero-order valence-corrected chi connectivity index (χ0v) is 11.9. The van der Waals surface area contributed by atoms with Crippen molar-refractivity contribution in [3.63, 3.8) is 0 Å². The maximum Gasteiger partial charge on any atom is 0.177 e. The summed E-state index contributed by atoms with van der Waals surface area (Å²) in [6.45, 7) is 1.95. The van der Waals surface area contributed by atoms with Gasteiger partial charge in [0.2, 0.25) is 0 Å². The number of thiazole rings is 1. The quantitative estimate of drug-likeness (QED) is 0.534. The highest BCUT2D eigenvalue weighted by Crippen LogP contribution is 2.26. The predicted molar refractivity (Wildman–Crippen MR) is 78.1 cm³/mol. The average Bonchev–Trinajstić information content (AvgIpc) is 3.02. The van der Waals surface area contributed by atoms with E-state index in [1.165, 1.54) is 11.8 Å². The van der Waals surface area contributed by atoms with Crippen LogP contribution in [0.5, 0.6) is 0 Å². The molecule has 0 N–H and O–H groups in total. The van der Waals surface area contributed by atoms with Crippen molar-refractivity contribution >= 4 is 39.9 Å². The van der Waals surface area contributed by atoms with Gasteiger partial charge in [-0.3, -0.25) is 4.79 Å². The van der Waals surface area contributed by atoms with E-state index < -0.39 is 0 Å². The molecule has 96 valence electrons. The maximum absolute atomic E-state index is 12.2. The summed E-state index contributed by atoms with van der Waals surface area (Å²) in [7, 11) is 0. The van der Waals surface area contributed by atoms with Crippen molar-refractivity contribution in [3.05, 3.63) is 47.2 Å². The van der Waals surface area contributed by atoms with Gasteiger partial charge in [0.25, 0.3) is 0 Å². The van der Waals surface area contributed by atoms with Crippen molar-refractivity contribution in [3.8, 4) is 0 Å². The molecule has 0 aliphatic carbocycles. The number of para-hydroxylation sites is 1. The van der Waals surface area contributed by atoms with E-state index in [-0.39, 0.29) is 5.78 Å². The standard InChI is InChI=1S/C14H11NO2S2/c1-9-7-18-14(15-9)19-8-12(16)11-6-17-13-5-3-2-4-10(11)13/h2-7H,8H2,1H3. The molecule has 1 aromatic carbocycles. The van der Waals surface area contributed by atoms with Gasteiger partial charge in [-0.25, -0.2) is 4.98 Å². The number of nitrogens with zero attached hydrogens (tertiary/aromatic N) is 1. The summed E-state index contributed by atoms with van der Waals surface area (Å²) in [5, 5.41) is 2.86. The number of rotatable bonds is 4. The molecular formula is C14H11NO2S2. The molecule has 0 aliphatic rings. The molecule has 0 amide bonds. The lowest BCUT2D eigenvalue weighted by Gasteiger charge is -1.96. The van der Waals surface area contributed by atoms with Crippen LogP contribution in [0.3, 0.4) is 0 Å². The van der Waals surface area contributed by atoms with Crippen LogP contribution >= 0.6 is 23.1 Å². The van der Waals surface area contributed by atoms with Crippen molar-refractivity contribution in [2.75, 3.05) is 5.75 Å². The van der Waals surface area contributed by atoms with Gasteiger partial charge in [-0.2, -0.15) is 0 Å². The first-order valence-electron chi connectivity index (χ1n) is 5.78. The van der Waals surface area contributed by atoms with Crippen LogP contribution in [-0.4, -0.2) is 16.5 Å². The molecular weight excluding hydrogens is 278 g/mol. The van der Waals surface area contributed by atoms with Gasteiger partial charge in [-0.05, 0) is 13.0 Å². The third kappa shape index (κ3) is 2.57. The third-order valence-electron chi connectivity index (χ3n) is 2.71. The Morgan fingerprint density at radius 2 is 2.26 bits per heavy atom. The minimum Gasteiger partial charge on any atom is -0.464 e. The molecule has 2 aromatic heterocycles. The van der Waals surface area contributed by atoms with Crippen molar-refractivity contribution in [1.29, 1.82) is 0 Å². The molecule has 3 aromatic rings. The van der Waals surface area contributed by atoms with Crippen LogP contribution in [0.15, 0.2) is 44.7 Å². The van der Waals surface area contributed by atoms with E-state index in [1.807, 2.05) is 36.6 Å². The van der Waals surface area contributed by atoms with Crippen molar-refractivity contribution in [2.45, 2.75) is 11.3 Å². The van der Waals surface area contributed by atoms with E-state index in [0.29, 0.717) is 11.3 Å². The molecule has 0 fully saturated rings. The number of hydrogen-bond acceptors (Lipinski definition) is 5. The molecule has 0 spiro atoms. The van der Waals surface area contributed by atoms with Gasteiger partial charge in [0.05, 0.1) is 11.3 Å². The summed E-state index contributed by atoms with van der Waals surface area (Å²) < 4.78 is 6.31. The van der Waals surface area contributed by atoms with Crippen LogP contribution in [0.1, 0.15) is 16.1 Å². The highest BCUT2D eigenvalue weighted by atomic mass is 32.2. The Bertz CT molecular complexity index is 730. The minimum atomic E-state index is 0.0720. The molecule has 0 unspecified atom stereocenters. The summed E-state index contributed by atoms with van der Waals surface area (Å²) in [4.78, 5) is 16.5. The topological polar surface area (TPSA) is 43.1 Å². The van der Waals surface area contributed by atoms with Gasteiger partial charge in [0.15, 0.2) is 10.1 Å². The van der Waals surface area contributed by atoms with E-state index in [2.05, 4.69) is 4.98 Å². The second-order valence-corrected chi connectivity index (χ2v) is 6.19. The lowest BCUT2D eigenvalue weighted by molar-refractivity contribution is 0.102. The Balaban J connectivity index is 1.77. The van der Waals surface area contributed by atoms with Gasteiger partial charge in [-0.15, -0.1) is 11.3 Å². The van der Waals surface area contributed by atoms with Gasteiger partial charge >= 0.3 is 0 Å². The molecule has 0 atom stereocenters. The fourth-order valence-electron chi connectivity index (χ4n) is 1.80. The average molecular weight is 289 g/mol. The van der Waals surface area contributed by atoms with Crippen LogP contribution in [-0.2, 0) is 0 Å². The van der Waals surface area contributed by atoms with E-state index in [4.69, 9.17) is 4.42 Å². The fourth-order valence-corrected chi connectivity index (χ4v) is 3.53. The van der Waals surface area contributed by atoms with Crippen LogP contribution < -0.4 is 0 Å². The van der Waals surface area contributed by atoms with E-state index >= 15 is 0 Å². The molecule has 0 bridgehead atoms. The number of aryl methyl sites for hydroxylation is 1. The van der Waals surface area contributed by atoms with Crippen molar-refractivity contribution < 1.29 is 9.21 Å². The van der Waals surface area contributed by atoms with Crippen LogP contribution in [0.4, 0.5) is 0 Å². The Morgan fingerprint density at radius 3 is 3.05 bits per heavy atom. The number of benzene rings is 1. The van der Waals surface area contributed by atoms with Gasteiger partial charge < -0.3 is 4.42 Å². The first-order valence-corrected chi connectivity index (χ1v) is 7.65. The lowest BCUT2D eigenvalue weighted by atomic mass is 10.1. The SMILES string of the molecule is Cc1csc(SCC(=O)c2coc3ccccc23)n1. The molecule has 0 saturated carbocycles. The van der Waals surface area contributed by atoms with E-state index in [1.54, 1.807) is 17.6 Å². The van der Waals surface area contributed by atoms with Gasteiger partial charge in [0, 0.05) is 16.5 Å².